The zero-order chi connectivity index (χ0) is 15.7. The lowest BCUT2D eigenvalue weighted by Gasteiger charge is -2.36. The van der Waals surface area contributed by atoms with E-state index in [2.05, 4.69) is 11.9 Å². The summed E-state index contributed by atoms with van der Waals surface area (Å²) in [5.74, 6) is 0.114. The van der Waals surface area contributed by atoms with E-state index in [1.54, 1.807) is 4.90 Å². The lowest BCUT2D eigenvalue weighted by Crippen LogP contribution is -2.54. The van der Waals surface area contributed by atoms with Crippen molar-refractivity contribution in [2.45, 2.75) is 25.8 Å². The van der Waals surface area contributed by atoms with E-state index in [0.29, 0.717) is 12.8 Å². The zero-order valence-corrected chi connectivity index (χ0v) is 13.3. The minimum Gasteiger partial charge on any atom is -0.338 e. The van der Waals surface area contributed by atoms with Crippen LogP contribution in [-0.2, 0) is 16.0 Å². The van der Waals surface area contributed by atoms with E-state index in [9.17, 15) is 9.59 Å². The maximum absolute atomic E-state index is 12.9. The summed E-state index contributed by atoms with van der Waals surface area (Å²) in [5.41, 5.74) is 2.00. The van der Waals surface area contributed by atoms with Gasteiger partial charge in [0, 0.05) is 44.7 Å². The highest BCUT2D eigenvalue weighted by molar-refractivity contribution is 6.03. The van der Waals surface area contributed by atoms with Crippen molar-refractivity contribution >= 4 is 17.5 Å². The Morgan fingerprint density at radius 1 is 1.14 bits per heavy atom. The Bertz CT molecular complexity index is 579. The first-order valence-corrected chi connectivity index (χ1v) is 7.99. The van der Waals surface area contributed by atoms with E-state index >= 15 is 0 Å². The summed E-state index contributed by atoms with van der Waals surface area (Å²) < 4.78 is 0. The molecule has 0 aliphatic carbocycles. The molecule has 0 N–H and O–H groups in total. The number of likely N-dealkylation sites (N-methyl/N-ethyl adjacent to an activating group) is 1. The van der Waals surface area contributed by atoms with Gasteiger partial charge in [0.2, 0.25) is 11.8 Å². The van der Waals surface area contributed by atoms with Gasteiger partial charge in [-0.2, -0.15) is 0 Å². The van der Waals surface area contributed by atoms with Crippen LogP contribution in [0.2, 0.25) is 0 Å². The van der Waals surface area contributed by atoms with Crippen molar-refractivity contribution in [3.8, 4) is 0 Å². The van der Waals surface area contributed by atoms with Crippen LogP contribution < -0.4 is 4.90 Å². The molecule has 1 aromatic rings. The van der Waals surface area contributed by atoms with E-state index in [-0.39, 0.29) is 17.9 Å². The molecule has 2 aliphatic rings. The first-order valence-electron chi connectivity index (χ1n) is 7.99. The van der Waals surface area contributed by atoms with Crippen LogP contribution >= 0.6 is 0 Å². The second kappa shape index (κ2) is 6.08. The van der Waals surface area contributed by atoms with E-state index < -0.39 is 0 Å². The van der Waals surface area contributed by atoms with Crippen LogP contribution in [0.4, 0.5) is 5.69 Å². The fraction of sp³-hybridized carbons (Fsp3) is 0.529. The normalized spacial score (nSPS) is 21.8. The number of carbonyl (C=O) groups is 2. The molecule has 1 saturated heterocycles. The molecule has 1 atom stereocenters. The van der Waals surface area contributed by atoms with Crippen molar-refractivity contribution in [2.24, 2.45) is 0 Å². The lowest BCUT2D eigenvalue weighted by molar-refractivity contribution is -0.135. The predicted molar refractivity (Wildman–Crippen MR) is 85.8 cm³/mol. The molecule has 0 spiro atoms. The van der Waals surface area contributed by atoms with Crippen LogP contribution in [0.1, 0.15) is 18.9 Å². The number of para-hydroxylation sites is 1. The summed E-state index contributed by atoms with van der Waals surface area (Å²) in [7, 11) is 2.07. The van der Waals surface area contributed by atoms with E-state index in [1.807, 2.05) is 36.1 Å². The summed E-state index contributed by atoms with van der Waals surface area (Å²) >= 11 is 0. The number of benzene rings is 1. The highest BCUT2D eigenvalue weighted by Gasteiger charge is 2.39. The molecule has 0 bridgehead atoms. The Morgan fingerprint density at radius 2 is 1.82 bits per heavy atom. The maximum Gasteiger partial charge on any atom is 0.246 e. The molecule has 2 heterocycles. The van der Waals surface area contributed by atoms with Crippen LogP contribution in [0.3, 0.4) is 0 Å². The third-order valence-electron chi connectivity index (χ3n) is 4.65. The van der Waals surface area contributed by atoms with Gasteiger partial charge in [0.1, 0.15) is 6.04 Å². The van der Waals surface area contributed by atoms with Crippen LogP contribution in [-0.4, -0.2) is 60.9 Å². The second-order valence-corrected chi connectivity index (χ2v) is 6.09. The molecular formula is C17H23N3O2. The topological polar surface area (TPSA) is 43.9 Å². The molecule has 0 saturated carbocycles. The van der Waals surface area contributed by atoms with Crippen LogP contribution in [0.15, 0.2) is 24.3 Å². The minimum atomic E-state index is -0.367. The molecule has 5 nitrogen and oxygen atoms in total. The molecule has 22 heavy (non-hydrogen) atoms. The summed E-state index contributed by atoms with van der Waals surface area (Å²) in [5, 5.41) is 0. The Balaban J connectivity index is 1.83. The van der Waals surface area contributed by atoms with Crippen molar-refractivity contribution in [2.75, 3.05) is 38.1 Å². The third-order valence-corrected chi connectivity index (χ3v) is 4.65. The largest absolute Gasteiger partial charge is 0.338 e. The van der Waals surface area contributed by atoms with Crippen molar-refractivity contribution in [1.29, 1.82) is 0 Å². The number of rotatable bonds is 2. The Hall–Kier alpha value is -1.88. The smallest absolute Gasteiger partial charge is 0.246 e. The van der Waals surface area contributed by atoms with Gasteiger partial charge in [0.25, 0.3) is 0 Å². The SMILES string of the molecule is CCC(=O)N1c2ccccc2CC1C(=O)N1CCN(C)CC1. The zero-order valence-electron chi connectivity index (χ0n) is 13.3. The first-order chi connectivity index (χ1) is 10.6. The number of hydrogen-bond acceptors (Lipinski definition) is 3. The van der Waals surface area contributed by atoms with Gasteiger partial charge in [-0.3, -0.25) is 14.5 Å². The number of hydrogen-bond donors (Lipinski definition) is 0. The highest BCUT2D eigenvalue weighted by atomic mass is 16.2. The molecule has 118 valence electrons. The van der Waals surface area contributed by atoms with Crippen molar-refractivity contribution in [3.63, 3.8) is 0 Å². The molecule has 2 amide bonds. The predicted octanol–water partition coefficient (Wildman–Crippen LogP) is 1.13. The molecule has 1 fully saturated rings. The molecule has 1 aromatic carbocycles. The first kappa shape index (κ1) is 15.0. The van der Waals surface area contributed by atoms with Crippen LogP contribution in [0.25, 0.3) is 0 Å². The van der Waals surface area contributed by atoms with Gasteiger partial charge in [0.15, 0.2) is 0 Å². The van der Waals surface area contributed by atoms with Crippen LogP contribution in [0.5, 0.6) is 0 Å². The highest BCUT2D eigenvalue weighted by Crippen LogP contribution is 2.33. The minimum absolute atomic E-state index is 0.0254. The number of piperazine rings is 1. The quantitative estimate of drug-likeness (QED) is 0.822. The summed E-state index contributed by atoms with van der Waals surface area (Å²) in [6.07, 6.45) is 1.05. The van der Waals surface area contributed by atoms with Crippen molar-refractivity contribution in [1.82, 2.24) is 9.80 Å². The van der Waals surface area contributed by atoms with Gasteiger partial charge >= 0.3 is 0 Å². The van der Waals surface area contributed by atoms with Gasteiger partial charge in [0.05, 0.1) is 0 Å². The number of fused-ring (bicyclic) bond motifs is 1. The number of anilines is 1. The number of nitrogens with zero attached hydrogens (tertiary/aromatic N) is 3. The summed E-state index contributed by atoms with van der Waals surface area (Å²) in [4.78, 5) is 31.1. The molecule has 2 aliphatic heterocycles. The van der Waals surface area contributed by atoms with Gasteiger partial charge in [-0.1, -0.05) is 25.1 Å². The second-order valence-electron chi connectivity index (χ2n) is 6.09. The average Bonchev–Trinajstić information content (AvgIpc) is 2.93. The Morgan fingerprint density at radius 3 is 2.50 bits per heavy atom. The molecular weight excluding hydrogens is 278 g/mol. The number of amides is 2. The van der Waals surface area contributed by atoms with Gasteiger partial charge in [-0.25, -0.2) is 0 Å². The molecule has 5 heteroatoms. The van der Waals surface area contributed by atoms with Crippen molar-refractivity contribution < 1.29 is 9.59 Å². The Labute approximate surface area is 131 Å². The molecule has 0 radical (unpaired) electrons. The maximum atomic E-state index is 12.9. The fourth-order valence-corrected chi connectivity index (χ4v) is 3.30. The summed E-state index contributed by atoms with van der Waals surface area (Å²) in [6, 6.07) is 7.49. The average molecular weight is 301 g/mol. The van der Waals surface area contributed by atoms with Gasteiger partial charge in [-0.15, -0.1) is 0 Å². The third kappa shape index (κ3) is 2.61. The van der Waals surface area contributed by atoms with Crippen molar-refractivity contribution in [3.05, 3.63) is 29.8 Å². The van der Waals surface area contributed by atoms with E-state index in [0.717, 1.165) is 37.4 Å². The van der Waals surface area contributed by atoms with E-state index in [4.69, 9.17) is 0 Å². The Kier molecular flexibility index (Phi) is 4.16. The van der Waals surface area contributed by atoms with Crippen LogP contribution in [0, 0.1) is 0 Å². The van der Waals surface area contributed by atoms with Gasteiger partial charge in [-0.05, 0) is 18.7 Å². The molecule has 1 unspecified atom stereocenters. The van der Waals surface area contributed by atoms with Gasteiger partial charge < -0.3 is 9.80 Å². The number of carbonyl (C=O) groups excluding carboxylic acids is 2. The molecule has 0 aromatic heterocycles. The summed E-state index contributed by atoms with van der Waals surface area (Å²) in [6.45, 7) is 5.13. The van der Waals surface area contributed by atoms with E-state index in [1.165, 1.54) is 0 Å². The fourth-order valence-electron chi connectivity index (χ4n) is 3.30. The monoisotopic (exact) mass is 301 g/mol. The standard InChI is InChI=1S/C17H23N3O2/c1-3-16(21)20-14-7-5-4-6-13(14)12-15(20)17(22)19-10-8-18(2)9-11-19/h4-7,15H,3,8-12H2,1-2H3. The lowest BCUT2D eigenvalue weighted by atomic mass is 10.1. The molecule has 3 rings (SSSR count).